The van der Waals surface area contributed by atoms with E-state index < -0.39 is 0 Å². The van der Waals surface area contributed by atoms with Crippen LogP contribution in [0.3, 0.4) is 0 Å². The normalized spacial score (nSPS) is 10.7. The molecule has 4 nitrogen and oxygen atoms in total. The number of imidazole rings is 1. The fourth-order valence-electron chi connectivity index (χ4n) is 2.63. The van der Waals surface area contributed by atoms with E-state index >= 15 is 0 Å². The van der Waals surface area contributed by atoms with Gasteiger partial charge in [-0.15, -0.1) is 0 Å². The number of hydrogen-bond donors (Lipinski definition) is 1. The Labute approximate surface area is 137 Å². The Morgan fingerprint density at radius 2 is 2.09 bits per heavy atom. The molecule has 0 atom stereocenters. The molecule has 0 unspecified atom stereocenters. The van der Waals surface area contributed by atoms with Gasteiger partial charge in [0.25, 0.3) is 0 Å². The van der Waals surface area contributed by atoms with Crippen LogP contribution < -0.4 is 5.32 Å². The van der Waals surface area contributed by atoms with Crippen molar-refractivity contribution in [1.82, 2.24) is 14.9 Å². The van der Waals surface area contributed by atoms with E-state index in [4.69, 9.17) is 4.98 Å². The van der Waals surface area contributed by atoms with Crippen molar-refractivity contribution in [2.45, 2.75) is 39.2 Å². The van der Waals surface area contributed by atoms with Gasteiger partial charge in [0.2, 0.25) is 5.91 Å². The molecule has 122 valence electrons. The summed E-state index contributed by atoms with van der Waals surface area (Å²) in [5.74, 6) is 1.01. The number of para-hydroxylation sites is 2. The van der Waals surface area contributed by atoms with E-state index in [1.807, 2.05) is 19.1 Å². The summed E-state index contributed by atoms with van der Waals surface area (Å²) in [7, 11) is 0. The van der Waals surface area contributed by atoms with Gasteiger partial charge in [0, 0.05) is 19.5 Å². The van der Waals surface area contributed by atoms with Crippen LogP contribution in [-0.4, -0.2) is 22.0 Å². The maximum absolute atomic E-state index is 11.1. The average molecular weight is 311 g/mol. The first kappa shape index (κ1) is 17.0. The van der Waals surface area contributed by atoms with Gasteiger partial charge in [-0.2, -0.15) is 0 Å². The first-order valence-corrected chi connectivity index (χ1v) is 8.10. The third-order valence-corrected chi connectivity index (χ3v) is 3.72. The number of carbonyl (C=O) groups is 1. The lowest BCUT2D eigenvalue weighted by atomic mass is 10.2. The zero-order chi connectivity index (χ0) is 16.7. The quantitative estimate of drug-likeness (QED) is 0.437. The minimum absolute atomic E-state index is 0.103. The number of unbranched alkanes of at least 4 members (excludes halogenated alkanes) is 2. The molecule has 0 saturated carbocycles. The van der Waals surface area contributed by atoms with E-state index in [-0.39, 0.29) is 5.91 Å². The number of amides is 1. The molecular formula is C19H25N3O. The number of aromatic nitrogens is 2. The number of carbonyl (C=O) groups excluding carboxylic acids is 1. The van der Waals surface area contributed by atoms with Crippen LogP contribution in [0.2, 0.25) is 0 Å². The summed E-state index contributed by atoms with van der Waals surface area (Å²) in [5.41, 5.74) is 3.34. The predicted molar refractivity (Wildman–Crippen MR) is 95.3 cm³/mol. The molecule has 2 rings (SSSR count). The summed E-state index contributed by atoms with van der Waals surface area (Å²) in [6, 6.07) is 8.23. The maximum Gasteiger partial charge on any atom is 0.243 e. The number of fused-ring (bicyclic) bond motifs is 1. The molecule has 23 heavy (non-hydrogen) atoms. The molecule has 4 heteroatoms. The van der Waals surface area contributed by atoms with Crippen LogP contribution >= 0.6 is 0 Å². The highest BCUT2D eigenvalue weighted by molar-refractivity contribution is 5.86. The van der Waals surface area contributed by atoms with Crippen molar-refractivity contribution in [2.75, 3.05) is 6.54 Å². The van der Waals surface area contributed by atoms with Gasteiger partial charge in [-0.05, 0) is 38.0 Å². The second-order valence-electron chi connectivity index (χ2n) is 5.87. The molecule has 1 aromatic heterocycles. The minimum atomic E-state index is -0.103. The van der Waals surface area contributed by atoms with Crippen molar-refractivity contribution in [3.63, 3.8) is 0 Å². The van der Waals surface area contributed by atoms with Crippen LogP contribution in [0.4, 0.5) is 0 Å². The Kier molecular flexibility index (Phi) is 6.15. The molecule has 0 aliphatic carbocycles. The fraction of sp³-hybridized carbons (Fsp3) is 0.368. The Bertz CT molecular complexity index is 700. The first-order chi connectivity index (χ1) is 11.1. The van der Waals surface area contributed by atoms with Gasteiger partial charge in [0.15, 0.2) is 0 Å². The first-order valence-electron chi connectivity index (χ1n) is 8.10. The highest BCUT2D eigenvalue weighted by atomic mass is 16.1. The SMILES string of the molecule is C=CC(=O)NCCCCCc1nc2ccccc2n1CC(=C)C. The monoisotopic (exact) mass is 311 g/mol. The number of nitrogens with one attached hydrogen (secondary N) is 1. The molecule has 0 saturated heterocycles. The van der Waals surface area contributed by atoms with Gasteiger partial charge < -0.3 is 9.88 Å². The van der Waals surface area contributed by atoms with Crippen LogP contribution in [0.15, 0.2) is 49.1 Å². The summed E-state index contributed by atoms with van der Waals surface area (Å²) in [4.78, 5) is 15.8. The summed E-state index contributed by atoms with van der Waals surface area (Å²) >= 11 is 0. The van der Waals surface area contributed by atoms with Crippen molar-refractivity contribution in [1.29, 1.82) is 0 Å². The molecule has 2 aromatic rings. The maximum atomic E-state index is 11.1. The standard InChI is InChI=1S/C19H25N3O/c1-4-19(23)20-13-9-5-6-12-18-21-16-10-7-8-11-17(16)22(18)14-15(2)3/h4,7-8,10-11H,1-2,5-6,9,12-14H2,3H3,(H,20,23). The van der Waals surface area contributed by atoms with E-state index in [1.54, 1.807) is 0 Å². The van der Waals surface area contributed by atoms with Crippen LogP contribution in [0, 0.1) is 0 Å². The van der Waals surface area contributed by atoms with Gasteiger partial charge in [-0.3, -0.25) is 4.79 Å². The summed E-state index contributed by atoms with van der Waals surface area (Å²) in [6.07, 6.45) is 5.34. The molecule has 0 aliphatic heterocycles. The Morgan fingerprint density at radius 3 is 2.83 bits per heavy atom. The van der Waals surface area contributed by atoms with E-state index in [0.717, 1.165) is 49.1 Å². The number of hydrogen-bond acceptors (Lipinski definition) is 2. The molecular weight excluding hydrogens is 286 g/mol. The van der Waals surface area contributed by atoms with Crippen LogP contribution in [0.5, 0.6) is 0 Å². The number of benzene rings is 1. The zero-order valence-corrected chi connectivity index (χ0v) is 13.8. The highest BCUT2D eigenvalue weighted by Gasteiger charge is 2.10. The average Bonchev–Trinajstić information content (AvgIpc) is 2.87. The third kappa shape index (κ3) is 4.81. The van der Waals surface area contributed by atoms with E-state index in [0.29, 0.717) is 6.54 Å². The topological polar surface area (TPSA) is 46.9 Å². The van der Waals surface area contributed by atoms with E-state index in [1.165, 1.54) is 11.6 Å². The molecule has 0 fully saturated rings. The summed E-state index contributed by atoms with van der Waals surface area (Å²) in [6.45, 7) is 11.0. The second-order valence-corrected chi connectivity index (χ2v) is 5.87. The molecule has 1 N–H and O–H groups in total. The number of aryl methyl sites for hydroxylation is 1. The van der Waals surface area contributed by atoms with Gasteiger partial charge >= 0.3 is 0 Å². The number of allylic oxidation sites excluding steroid dienone is 1. The van der Waals surface area contributed by atoms with Crippen molar-refractivity contribution in [3.8, 4) is 0 Å². The lowest BCUT2D eigenvalue weighted by Crippen LogP contribution is -2.21. The van der Waals surface area contributed by atoms with Gasteiger partial charge in [0.1, 0.15) is 5.82 Å². The zero-order valence-electron chi connectivity index (χ0n) is 13.8. The van der Waals surface area contributed by atoms with Crippen molar-refractivity contribution < 1.29 is 4.79 Å². The van der Waals surface area contributed by atoms with Gasteiger partial charge in [-0.1, -0.05) is 37.3 Å². The van der Waals surface area contributed by atoms with Crippen molar-refractivity contribution >= 4 is 16.9 Å². The summed E-state index contributed by atoms with van der Waals surface area (Å²) in [5, 5.41) is 2.80. The van der Waals surface area contributed by atoms with Crippen LogP contribution in [0.1, 0.15) is 32.0 Å². The van der Waals surface area contributed by atoms with Gasteiger partial charge in [-0.25, -0.2) is 4.98 Å². The molecule has 1 heterocycles. The summed E-state index contributed by atoms with van der Waals surface area (Å²) < 4.78 is 2.26. The number of nitrogens with zero attached hydrogens (tertiary/aromatic N) is 2. The highest BCUT2D eigenvalue weighted by Crippen LogP contribution is 2.19. The fourth-order valence-corrected chi connectivity index (χ4v) is 2.63. The predicted octanol–water partition coefficient (Wildman–Crippen LogP) is 3.63. The van der Waals surface area contributed by atoms with E-state index in [9.17, 15) is 4.79 Å². The Morgan fingerprint density at radius 1 is 1.30 bits per heavy atom. The van der Waals surface area contributed by atoms with E-state index in [2.05, 4.69) is 35.2 Å². The van der Waals surface area contributed by atoms with Crippen LogP contribution in [0.25, 0.3) is 11.0 Å². The second kappa shape index (κ2) is 8.32. The van der Waals surface area contributed by atoms with Crippen LogP contribution in [-0.2, 0) is 17.8 Å². The molecule has 1 aromatic carbocycles. The molecule has 0 spiro atoms. The Hall–Kier alpha value is -2.36. The minimum Gasteiger partial charge on any atom is -0.353 e. The number of rotatable bonds is 9. The van der Waals surface area contributed by atoms with Crippen molar-refractivity contribution in [2.24, 2.45) is 0 Å². The smallest absolute Gasteiger partial charge is 0.243 e. The lowest BCUT2D eigenvalue weighted by molar-refractivity contribution is -0.116. The van der Waals surface area contributed by atoms with Crippen molar-refractivity contribution in [3.05, 3.63) is 54.9 Å². The Balaban J connectivity index is 1.93. The molecule has 1 amide bonds. The third-order valence-electron chi connectivity index (χ3n) is 3.72. The lowest BCUT2D eigenvalue weighted by Gasteiger charge is -2.09. The largest absolute Gasteiger partial charge is 0.353 e. The molecule has 0 radical (unpaired) electrons. The van der Waals surface area contributed by atoms with Gasteiger partial charge in [0.05, 0.1) is 11.0 Å². The molecule has 0 aliphatic rings. The molecule has 0 bridgehead atoms.